The smallest absolute Gasteiger partial charge is 2.00 e. The standard InChI is InChI=1S/Cd.O2Si.O/c;1-3-2;/q+2;;-2. The first-order chi connectivity index (χ1) is 1.41. The fraction of sp³-hybridized carbons (Fsp3) is 0. The van der Waals surface area contributed by atoms with Crippen LogP contribution in [0.4, 0.5) is 0 Å². The van der Waals surface area contributed by atoms with Crippen LogP contribution < -0.4 is 0 Å². The minimum atomic E-state index is -1.42. The average molecular weight is 188 g/mol. The van der Waals surface area contributed by atoms with Gasteiger partial charge >= 0.3 is 36.6 Å². The van der Waals surface area contributed by atoms with Crippen molar-refractivity contribution in [3.05, 3.63) is 0 Å². The molecule has 24 valence electrons. The van der Waals surface area contributed by atoms with Crippen molar-refractivity contribution in [1.82, 2.24) is 0 Å². The van der Waals surface area contributed by atoms with E-state index in [0.29, 0.717) is 0 Å². The van der Waals surface area contributed by atoms with E-state index in [1.165, 1.54) is 0 Å². The van der Waals surface area contributed by atoms with E-state index in [1.54, 1.807) is 0 Å². The first-order valence-electron chi connectivity index (χ1n) is 0.408. The molecule has 0 saturated carbocycles. The summed E-state index contributed by atoms with van der Waals surface area (Å²) in [6.07, 6.45) is 0. The van der Waals surface area contributed by atoms with Crippen molar-refractivity contribution in [3.63, 3.8) is 0 Å². The molecular formula is CdO3Si. The van der Waals surface area contributed by atoms with Gasteiger partial charge in [-0.3, -0.25) is 8.92 Å². The van der Waals surface area contributed by atoms with Gasteiger partial charge in [0.1, 0.15) is 0 Å². The molecule has 0 aliphatic rings. The number of hydrogen-bond acceptors (Lipinski definition) is 2. The Morgan fingerprint density at radius 1 is 1.20 bits per heavy atom. The van der Waals surface area contributed by atoms with Crippen LogP contribution in [0.25, 0.3) is 0 Å². The van der Waals surface area contributed by atoms with Crippen LogP contribution in [0.3, 0.4) is 0 Å². The third kappa shape index (κ3) is 70.1. The van der Waals surface area contributed by atoms with Crippen molar-refractivity contribution >= 4 is 9.29 Å². The van der Waals surface area contributed by atoms with Crippen LogP contribution in [-0.4, -0.2) is 9.29 Å². The summed E-state index contributed by atoms with van der Waals surface area (Å²) in [4.78, 5) is 0. The van der Waals surface area contributed by atoms with E-state index in [4.69, 9.17) is 8.92 Å². The average Bonchev–Trinajstić information content (AvgIpc) is 0.918. The van der Waals surface area contributed by atoms with E-state index in [9.17, 15) is 0 Å². The summed E-state index contributed by atoms with van der Waals surface area (Å²) < 4.78 is 16.8. The van der Waals surface area contributed by atoms with Gasteiger partial charge in [0.25, 0.3) is 0 Å². The zero-order chi connectivity index (χ0) is 2.71. The van der Waals surface area contributed by atoms with Crippen molar-refractivity contribution in [3.8, 4) is 0 Å². The van der Waals surface area contributed by atoms with E-state index < -0.39 is 9.29 Å². The van der Waals surface area contributed by atoms with Crippen molar-refractivity contribution in [2.24, 2.45) is 0 Å². The van der Waals surface area contributed by atoms with Crippen LogP contribution in [0.2, 0.25) is 0 Å². The summed E-state index contributed by atoms with van der Waals surface area (Å²) >= 11 is 0. The summed E-state index contributed by atoms with van der Waals surface area (Å²) in [7, 11) is -1.42. The van der Waals surface area contributed by atoms with E-state index in [2.05, 4.69) is 0 Å². The molecule has 0 spiro atoms. The molecule has 3 nitrogen and oxygen atoms in total. The molecule has 0 amide bonds. The number of rotatable bonds is 0. The topological polar surface area (TPSA) is 62.6 Å². The number of hydrogen-bond donors (Lipinski definition) is 0. The van der Waals surface area contributed by atoms with Gasteiger partial charge in [-0.1, -0.05) is 0 Å². The van der Waals surface area contributed by atoms with Gasteiger partial charge in [-0.15, -0.1) is 0 Å². The molecule has 0 aromatic carbocycles. The molecule has 0 rings (SSSR count). The normalized spacial score (nSPS) is 1.60. The molecule has 0 aromatic heterocycles. The molecule has 0 aliphatic carbocycles. The Kier molecular flexibility index (Phi) is 77.0. The molecule has 0 atom stereocenters. The summed E-state index contributed by atoms with van der Waals surface area (Å²) in [5.41, 5.74) is 0. The van der Waals surface area contributed by atoms with Gasteiger partial charge in [0, 0.05) is 0 Å². The van der Waals surface area contributed by atoms with Crippen LogP contribution >= 0.6 is 0 Å². The van der Waals surface area contributed by atoms with Crippen LogP contribution in [0, 0.1) is 0 Å². The van der Waals surface area contributed by atoms with Crippen LogP contribution in [-0.2, 0) is 41.7 Å². The van der Waals surface area contributed by atoms with Gasteiger partial charge in [0.15, 0.2) is 0 Å². The second-order valence-corrected chi connectivity index (χ2v) is 0.250. The maximum absolute atomic E-state index is 8.40. The maximum atomic E-state index is 8.40. The molecule has 5 heavy (non-hydrogen) atoms. The van der Waals surface area contributed by atoms with Gasteiger partial charge in [0.2, 0.25) is 0 Å². The third-order valence-electron chi connectivity index (χ3n) is 0. The molecule has 0 heterocycles. The summed E-state index contributed by atoms with van der Waals surface area (Å²) in [5, 5.41) is 0. The zero-order valence-corrected chi connectivity index (χ0v) is 7.47. The van der Waals surface area contributed by atoms with E-state index >= 15 is 0 Å². The van der Waals surface area contributed by atoms with Gasteiger partial charge in [-0.05, 0) is 0 Å². The Bertz CT molecular complexity index is 27.9. The molecular weight excluding hydrogens is 188 g/mol. The third-order valence-corrected chi connectivity index (χ3v) is 0. The monoisotopic (exact) mass is 190 g/mol. The van der Waals surface area contributed by atoms with Crippen LogP contribution in [0.5, 0.6) is 0 Å². The Balaban J connectivity index is -0.0000000200. The second-order valence-electron chi connectivity index (χ2n) is 0.0833. The second kappa shape index (κ2) is 22.3. The summed E-state index contributed by atoms with van der Waals surface area (Å²) in [6, 6.07) is 0. The van der Waals surface area contributed by atoms with Crippen LogP contribution in [0.15, 0.2) is 0 Å². The molecule has 0 fully saturated rings. The molecule has 0 N–H and O–H groups in total. The Morgan fingerprint density at radius 2 is 1.20 bits per heavy atom. The van der Waals surface area contributed by atoms with Crippen molar-refractivity contribution in [1.29, 1.82) is 0 Å². The summed E-state index contributed by atoms with van der Waals surface area (Å²) in [5.74, 6) is 0. The van der Waals surface area contributed by atoms with E-state index in [0.717, 1.165) is 0 Å². The fourth-order valence-corrected chi connectivity index (χ4v) is 0. The first-order valence-corrected chi connectivity index (χ1v) is 1.22. The Labute approximate surface area is 51.2 Å². The molecule has 0 radical (unpaired) electrons. The largest absolute Gasteiger partial charge is 2.00 e. The van der Waals surface area contributed by atoms with Gasteiger partial charge in [0.05, 0.1) is 0 Å². The quantitative estimate of drug-likeness (QED) is 0.470. The molecule has 0 aliphatic heterocycles. The molecule has 0 unspecified atom stereocenters. The van der Waals surface area contributed by atoms with E-state index in [1.807, 2.05) is 0 Å². The first kappa shape index (κ1) is 17.3. The van der Waals surface area contributed by atoms with Gasteiger partial charge < -0.3 is 5.48 Å². The molecule has 5 heteroatoms. The van der Waals surface area contributed by atoms with E-state index in [-0.39, 0.29) is 32.8 Å². The van der Waals surface area contributed by atoms with Gasteiger partial charge in [-0.2, -0.15) is 0 Å². The summed E-state index contributed by atoms with van der Waals surface area (Å²) in [6.45, 7) is 0. The van der Waals surface area contributed by atoms with Crippen molar-refractivity contribution < 1.29 is 41.7 Å². The van der Waals surface area contributed by atoms with Crippen molar-refractivity contribution in [2.45, 2.75) is 0 Å². The molecule has 0 saturated heterocycles. The zero-order valence-electron chi connectivity index (χ0n) is 2.43. The van der Waals surface area contributed by atoms with Gasteiger partial charge in [-0.25, -0.2) is 0 Å². The SMILES string of the molecule is O=[Si]=O.[Cd+2].[O-2]. The Hall–Kier alpha value is 0.699. The maximum Gasteiger partial charge on any atom is 2.00 e. The Morgan fingerprint density at radius 3 is 1.20 bits per heavy atom. The molecule has 0 aromatic rings. The minimum absolute atomic E-state index is 0. The minimum Gasteiger partial charge on any atom is -2.00 e. The van der Waals surface area contributed by atoms with Crippen LogP contribution in [0.1, 0.15) is 0 Å². The predicted molar refractivity (Wildman–Crippen MR) is 7.81 cm³/mol. The van der Waals surface area contributed by atoms with Crippen molar-refractivity contribution in [2.75, 3.05) is 0 Å². The predicted octanol–water partition coefficient (Wildman–Crippen LogP) is -0.740. The fourth-order valence-electron chi connectivity index (χ4n) is 0. The molecule has 0 bridgehead atoms.